The number of quaternary nitrogens is 2. The zero-order valence-corrected chi connectivity index (χ0v) is 48.2. The van der Waals surface area contributed by atoms with Gasteiger partial charge in [0.15, 0.2) is 5.25 Å². The average molecular weight is 1010 g/mol. The standard InChI is InChI=1S/C20H38O7S.2C12H28N.C4H6O7S.Na/c1-5-9-11-16(7-3)14-26-19(21)13-18(28(23,24)25)20(22)27-15-17(8-4)12-10-6-2;2*1-5-9-13(10-6-2,11-7-3)12-8-4;5-3(6)1-2(4(7)8)12(9,10)11;/h16-18H,5-15H2,1-4H3,(H,23,24,25);2*5-12H2,1-4H3;2H,1H2,(H,5,6)(H,7,8)(H,9,10,11);/q;2*+1;;+1/p-3. The predicted octanol–water partition coefficient (Wildman–Crippen LogP) is 3.83. The second-order valence-electron chi connectivity index (χ2n) is 17.7. The van der Waals surface area contributed by atoms with Crippen molar-refractivity contribution in [2.24, 2.45) is 11.8 Å². The molecule has 4 unspecified atom stereocenters. The van der Waals surface area contributed by atoms with E-state index >= 15 is 0 Å². The van der Waals surface area contributed by atoms with Crippen LogP contribution in [-0.4, -0.2) is 135 Å². The topological polar surface area (TPSA) is 244 Å². The molecule has 0 aliphatic rings. The Labute approximate surface area is 431 Å². The molecule has 0 aliphatic carbocycles. The number of aliphatic carboxylic acids is 2. The molecule has 0 aromatic carbocycles. The van der Waals surface area contributed by atoms with Gasteiger partial charge in [0, 0.05) is 12.4 Å². The number of carboxylic acids is 2. The largest absolute Gasteiger partial charge is 1.00 e. The van der Waals surface area contributed by atoms with E-state index in [1.54, 1.807) is 0 Å². The first-order valence-electron chi connectivity index (χ1n) is 25.3. The summed E-state index contributed by atoms with van der Waals surface area (Å²) in [6.07, 6.45) is 15.9. The Kier molecular flexibility index (Phi) is 49.6. The number of unbranched alkanes of at least 4 members (excludes halogenated alkanes) is 2. The van der Waals surface area contributed by atoms with Crippen LogP contribution in [0.25, 0.3) is 0 Å². The van der Waals surface area contributed by atoms with Gasteiger partial charge in [-0.05, 0) is 76.0 Å². The molecule has 0 fully saturated rings. The van der Waals surface area contributed by atoms with Crippen LogP contribution in [0.3, 0.4) is 0 Å². The molecule has 0 heterocycles. The molecule has 0 bridgehead atoms. The maximum Gasteiger partial charge on any atom is 1.00 e. The summed E-state index contributed by atoms with van der Waals surface area (Å²) in [4.78, 5) is 43.9. The minimum atomic E-state index is -5.01. The Balaban J connectivity index is -0.000000276. The van der Waals surface area contributed by atoms with Crippen LogP contribution in [0.5, 0.6) is 0 Å². The van der Waals surface area contributed by atoms with Gasteiger partial charge in [-0.25, -0.2) is 8.42 Å². The van der Waals surface area contributed by atoms with Gasteiger partial charge in [-0.15, -0.1) is 0 Å². The Bertz CT molecular complexity index is 1380. The Morgan fingerprint density at radius 2 is 0.821 bits per heavy atom. The van der Waals surface area contributed by atoms with Gasteiger partial charge < -0.3 is 42.8 Å². The first kappa shape index (κ1) is 74.6. The molecule has 16 nitrogen and oxygen atoms in total. The number of carbonyl (C=O) groups excluding carboxylic acids is 4. The third kappa shape index (κ3) is 39.0. The van der Waals surface area contributed by atoms with E-state index in [0.717, 1.165) is 51.4 Å². The molecular weight excluding hydrogens is 916 g/mol. The Morgan fingerprint density at radius 3 is 1.03 bits per heavy atom. The molecule has 0 radical (unpaired) electrons. The van der Waals surface area contributed by atoms with Crippen LogP contribution in [0.1, 0.15) is 199 Å². The van der Waals surface area contributed by atoms with E-state index < -0.39 is 67.5 Å². The van der Waals surface area contributed by atoms with Crippen molar-refractivity contribution in [2.45, 2.75) is 209 Å². The quantitative estimate of drug-likeness (QED) is 0.0406. The fourth-order valence-electron chi connectivity index (χ4n) is 8.41. The van der Waals surface area contributed by atoms with Gasteiger partial charge in [-0.1, -0.05) is 122 Å². The van der Waals surface area contributed by atoms with Crippen molar-refractivity contribution in [2.75, 3.05) is 65.6 Å². The van der Waals surface area contributed by atoms with Crippen LogP contribution in [0.15, 0.2) is 0 Å². The van der Waals surface area contributed by atoms with Crippen molar-refractivity contribution < 1.29 is 103 Å². The first-order valence-corrected chi connectivity index (χ1v) is 28.2. The average Bonchev–Trinajstić information content (AvgIpc) is 3.22. The van der Waals surface area contributed by atoms with E-state index in [0.29, 0.717) is 0 Å². The molecule has 0 saturated carbocycles. The summed E-state index contributed by atoms with van der Waals surface area (Å²) in [5, 5.41) is 15.2. The van der Waals surface area contributed by atoms with Crippen molar-refractivity contribution in [3.63, 3.8) is 0 Å². The molecule has 0 spiro atoms. The molecule has 0 amide bonds. The van der Waals surface area contributed by atoms with Crippen molar-refractivity contribution in [1.82, 2.24) is 0 Å². The van der Waals surface area contributed by atoms with Gasteiger partial charge in [0.2, 0.25) is 0 Å². The number of carbonyl (C=O) groups is 4. The molecule has 0 saturated heterocycles. The summed E-state index contributed by atoms with van der Waals surface area (Å²) in [6.45, 7) is 37.8. The van der Waals surface area contributed by atoms with Crippen LogP contribution in [0, 0.1) is 11.8 Å². The van der Waals surface area contributed by atoms with Crippen LogP contribution in [-0.2, 0) is 48.9 Å². The zero-order valence-electron chi connectivity index (χ0n) is 44.6. The number of carboxylic acid groups (broad SMARTS) is 2. The number of hydrogen-bond acceptors (Lipinski definition) is 13. The van der Waals surface area contributed by atoms with E-state index in [2.05, 4.69) is 69.2 Å². The van der Waals surface area contributed by atoms with Gasteiger partial charge in [-0.2, -0.15) is 8.42 Å². The smallest absolute Gasteiger partial charge is 0.747 e. The van der Waals surface area contributed by atoms with Gasteiger partial charge in [0.25, 0.3) is 10.1 Å². The molecule has 1 N–H and O–H groups in total. The second-order valence-corrected chi connectivity index (χ2v) is 20.9. The van der Waals surface area contributed by atoms with Gasteiger partial charge >= 0.3 is 41.5 Å². The molecule has 0 aromatic heterocycles. The third-order valence-corrected chi connectivity index (χ3v) is 13.7. The molecule has 0 aliphatic heterocycles. The first-order chi connectivity index (χ1) is 30.9. The molecule has 4 atom stereocenters. The maximum atomic E-state index is 12.1. The number of rotatable bonds is 36. The van der Waals surface area contributed by atoms with Gasteiger partial charge in [0.1, 0.15) is 15.4 Å². The van der Waals surface area contributed by atoms with E-state index in [-0.39, 0.29) is 54.6 Å². The normalized spacial score (nSPS) is 13.3. The Hall–Kier alpha value is -1.38. The van der Waals surface area contributed by atoms with Gasteiger partial charge in [-0.3, -0.25) is 14.1 Å². The van der Waals surface area contributed by atoms with E-state index in [4.69, 9.17) is 14.0 Å². The van der Waals surface area contributed by atoms with Crippen molar-refractivity contribution in [3.05, 3.63) is 0 Å². The molecule has 0 aromatic rings. The molecule has 396 valence electrons. The van der Waals surface area contributed by atoms with E-state index in [1.165, 1.54) is 113 Å². The number of hydrogen-bond donors (Lipinski definition) is 1. The van der Waals surface area contributed by atoms with E-state index in [9.17, 15) is 50.8 Å². The minimum absolute atomic E-state index is 0. The second kappa shape index (κ2) is 44.6. The summed E-state index contributed by atoms with van der Waals surface area (Å²) in [5.41, 5.74) is 0. The zero-order chi connectivity index (χ0) is 51.8. The van der Waals surface area contributed by atoms with Crippen molar-refractivity contribution >= 4 is 44.1 Å². The number of nitrogens with zero attached hydrogens (tertiary/aromatic N) is 2. The van der Waals surface area contributed by atoms with Crippen LogP contribution < -0.4 is 39.8 Å². The SMILES string of the molecule is CCCCC(CC)COC(=O)CC(C(=O)OCC(CC)CCCC)S(=O)(=O)[O-].CCC[N+](CCC)(CCC)CCC.CCC[N+](CCC)(CCC)CCC.O=C([O-])CC(C(=O)[O-])S(=O)(=O)O.[Na+]. The molecule has 67 heavy (non-hydrogen) atoms. The van der Waals surface area contributed by atoms with Crippen molar-refractivity contribution in [3.8, 4) is 0 Å². The molecule has 19 heteroatoms. The summed E-state index contributed by atoms with van der Waals surface area (Å²) in [6, 6.07) is 0. The van der Waals surface area contributed by atoms with E-state index in [1.807, 2.05) is 13.8 Å². The molecule has 0 rings (SSSR count). The number of esters is 2. The van der Waals surface area contributed by atoms with Crippen molar-refractivity contribution in [1.29, 1.82) is 0 Å². The fourth-order valence-corrected chi connectivity index (χ4v) is 9.65. The summed E-state index contributed by atoms with van der Waals surface area (Å²) in [7, 11) is -9.96. The minimum Gasteiger partial charge on any atom is -0.747 e. The maximum absolute atomic E-state index is 12.1. The number of ether oxygens (including phenoxy) is 2. The summed E-state index contributed by atoms with van der Waals surface area (Å²) in [5.74, 6) is -5.82. The Morgan fingerprint density at radius 1 is 0.507 bits per heavy atom. The van der Waals surface area contributed by atoms with Crippen LogP contribution >= 0.6 is 0 Å². The summed E-state index contributed by atoms with van der Waals surface area (Å²) < 4.78 is 75.8. The fraction of sp³-hybridized carbons (Fsp3) is 0.917. The third-order valence-electron chi connectivity index (χ3n) is 11.5. The van der Waals surface area contributed by atoms with Crippen LogP contribution in [0.4, 0.5) is 0 Å². The van der Waals surface area contributed by atoms with Crippen LogP contribution in [0.2, 0.25) is 0 Å². The van der Waals surface area contributed by atoms with Gasteiger partial charge in [0.05, 0.1) is 78.0 Å². The molecular formula is C48H97N2NaO14S2. The summed E-state index contributed by atoms with van der Waals surface area (Å²) >= 11 is 0. The predicted molar refractivity (Wildman–Crippen MR) is 258 cm³/mol. The monoisotopic (exact) mass is 1010 g/mol.